The highest BCUT2D eigenvalue weighted by molar-refractivity contribution is 5.45. The highest BCUT2D eigenvalue weighted by Crippen LogP contribution is 2.51. The minimum absolute atomic E-state index is 0.0186. The molecule has 4 rings (SSSR count). The van der Waals surface area contributed by atoms with Crippen LogP contribution in [0.15, 0.2) is 36.4 Å². The van der Waals surface area contributed by atoms with Crippen molar-refractivity contribution in [2.24, 2.45) is 11.8 Å². The van der Waals surface area contributed by atoms with Gasteiger partial charge < -0.3 is 28.4 Å². The van der Waals surface area contributed by atoms with Gasteiger partial charge in [-0.3, -0.25) is 0 Å². The summed E-state index contributed by atoms with van der Waals surface area (Å²) in [5.74, 6) is 3.43. The lowest BCUT2D eigenvalue weighted by Crippen LogP contribution is -2.14. The van der Waals surface area contributed by atoms with E-state index in [0.717, 1.165) is 11.1 Å². The molecule has 0 N–H and O–H groups in total. The van der Waals surface area contributed by atoms with Crippen LogP contribution < -0.4 is 18.9 Å². The van der Waals surface area contributed by atoms with Crippen molar-refractivity contribution in [3.05, 3.63) is 47.5 Å². The van der Waals surface area contributed by atoms with Crippen molar-refractivity contribution in [2.75, 3.05) is 41.7 Å². The van der Waals surface area contributed by atoms with Crippen LogP contribution in [0.3, 0.4) is 0 Å². The highest BCUT2D eigenvalue weighted by atomic mass is 16.5. The van der Waals surface area contributed by atoms with Crippen molar-refractivity contribution in [3.8, 4) is 23.0 Å². The molecule has 2 aliphatic heterocycles. The average molecular weight is 386 g/mol. The van der Waals surface area contributed by atoms with Gasteiger partial charge in [-0.25, -0.2) is 0 Å². The zero-order valence-corrected chi connectivity index (χ0v) is 16.6. The van der Waals surface area contributed by atoms with E-state index in [9.17, 15) is 0 Å². The molecule has 6 nitrogen and oxygen atoms in total. The van der Waals surface area contributed by atoms with E-state index in [1.165, 1.54) is 0 Å². The summed E-state index contributed by atoms with van der Waals surface area (Å²) in [4.78, 5) is 0. The smallest absolute Gasteiger partial charge is 0.161 e. The molecule has 0 aromatic heterocycles. The Morgan fingerprint density at radius 2 is 1.00 bits per heavy atom. The molecule has 0 amide bonds. The first-order valence-electron chi connectivity index (χ1n) is 9.37. The van der Waals surface area contributed by atoms with Gasteiger partial charge in [0.15, 0.2) is 23.0 Å². The van der Waals surface area contributed by atoms with Crippen molar-refractivity contribution >= 4 is 0 Å². The third-order valence-electron chi connectivity index (χ3n) is 5.74. The molecule has 0 radical (unpaired) electrons. The maximum Gasteiger partial charge on any atom is 0.161 e. The molecule has 2 heterocycles. The molecule has 0 unspecified atom stereocenters. The Kier molecular flexibility index (Phi) is 5.33. The minimum Gasteiger partial charge on any atom is -0.493 e. The number of fused-ring (bicyclic) bond motifs is 1. The fourth-order valence-electron chi connectivity index (χ4n) is 4.29. The molecule has 0 saturated carbocycles. The van der Waals surface area contributed by atoms with E-state index < -0.39 is 0 Å². The first kappa shape index (κ1) is 18.9. The molecule has 0 bridgehead atoms. The van der Waals surface area contributed by atoms with E-state index >= 15 is 0 Å². The van der Waals surface area contributed by atoms with E-state index in [1.54, 1.807) is 28.4 Å². The van der Waals surface area contributed by atoms with Crippen LogP contribution in [0.4, 0.5) is 0 Å². The molecule has 2 aromatic carbocycles. The molecule has 150 valence electrons. The number of ether oxygens (including phenoxy) is 6. The Morgan fingerprint density at radius 1 is 0.607 bits per heavy atom. The highest BCUT2D eigenvalue weighted by Gasteiger charge is 2.48. The van der Waals surface area contributed by atoms with Crippen LogP contribution in [0.2, 0.25) is 0 Å². The largest absolute Gasteiger partial charge is 0.493 e. The van der Waals surface area contributed by atoms with E-state index in [2.05, 4.69) is 0 Å². The first-order chi connectivity index (χ1) is 13.7. The molecule has 2 saturated heterocycles. The summed E-state index contributed by atoms with van der Waals surface area (Å²) in [6.45, 7) is 1.31. The topological polar surface area (TPSA) is 55.4 Å². The molecular formula is C22H26O6. The lowest BCUT2D eigenvalue weighted by atomic mass is 9.85. The van der Waals surface area contributed by atoms with Gasteiger partial charge in [0.1, 0.15) is 0 Å². The Morgan fingerprint density at radius 3 is 1.36 bits per heavy atom. The van der Waals surface area contributed by atoms with Crippen LogP contribution in [0.5, 0.6) is 23.0 Å². The molecule has 2 aliphatic rings. The SMILES string of the molecule is COc1ccc([C@H]2OC[C@@H]3[C@H]2CO[C@H]3c2ccc(OC)c(OC)c2)cc1OC. The van der Waals surface area contributed by atoms with Gasteiger partial charge in [-0.05, 0) is 35.4 Å². The summed E-state index contributed by atoms with van der Waals surface area (Å²) in [5, 5.41) is 0. The van der Waals surface area contributed by atoms with E-state index in [1.807, 2.05) is 36.4 Å². The van der Waals surface area contributed by atoms with Crippen molar-refractivity contribution in [2.45, 2.75) is 12.2 Å². The van der Waals surface area contributed by atoms with Gasteiger partial charge in [0, 0.05) is 11.8 Å². The maximum atomic E-state index is 6.20. The van der Waals surface area contributed by atoms with Crippen LogP contribution in [0.1, 0.15) is 23.3 Å². The predicted octanol–water partition coefficient (Wildman–Crippen LogP) is 3.80. The van der Waals surface area contributed by atoms with E-state index in [4.69, 9.17) is 28.4 Å². The number of benzene rings is 2. The first-order valence-corrected chi connectivity index (χ1v) is 9.37. The molecule has 0 aliphatic carbocycles. The maximum absolute atomic E-state index is 6.20. The van der Waals surface area contributed by atoms with Gasteiger partial charge in [0.2, 0.25) is 0 Å². The van der Waals surface area contributed by atoms with Gasteiger partial charge in [0.25, 0.3) is 0 Å². The van der Waals surface area contributed by atoms with Gasteiger partial charge in [0.05, 0.1) is 53.9 Å². The van der Waals surface area contributed by atoms with E-state index in [-0.39, 0.29) is 24.0 Å². The van der Waals surface area contributed by atoms with E-state index in [0.29, 0.717) is 36.2 Å². The van der Waals surface area contributed by atoms with Crippen LogP contribution in [0.25, 0.3) is 0 Å². The molecule has 2 fully saturated rings. The van der Waals surface area contributed by atoms with Crippen molar-refractivity contribution < 1.29 is 28.4 Å². The minimum atomic E-state index is -0.0186. The van der Waals surface area contributed by atoms with Crippen LogP contribution in [0, 0.1) is 11.8 Å². The Hall–Kier alpha value is -2.44. The number of rotatable bonds is 6. The summed E-state index contributed by atoms with van der Waals surface area (Å²) in [5.41, 5.74) is 2.17. The molecule has 2 aromatic rings. The van der Waals surface area contributed by atoms with Crippen molar-refractivity contribution in [1.82, 2.24) is 0 Å². The zero-order chi connectivity index (χ0) is 19.7. The summed E-state index contributed by atoms with van der Waals surface area (Å²) in [7, 11) is 6.56. The second kappa shape index (κ2) is 7.89. The predicted molar refractivity (Wildman–Crippen MR) is 103 cm³/mol. The fraction of sp³-hybridized carbons (Fsp3) is 0.455. The van der Waals surface area contributed by atoms with Crippen LogP contribution >= 0.6 is 0 Å². The third kappa shape index (κ3) is 3.16. The summed E-state index contributed by atoms with van der Waals surface area (Å²) in [6, 6.07) is 11.9. The van der Waals surface area contributed by atoms with Gasteiger partial charge in [-0.2, -0.15) is 0 Å². The molecule has 0 spiro atoms. The average Bonchev–Trinajstić information content (AvgIpc) is 3.35. The number of hydrogen-bond donors (Lipinski definition) is 0. The van der Waals surface area contributed by atoms with Crippen molar-refractivity contribution in [1.29, 1.82) is 0 Å². The Labute approximate surface area is 165 Å². The monoisotopic (exact) mass is 386 g/mol. The van der Waals surface area contributed by atoms with Gasteiger partial charge >= 0.3 is 0 Å². The number of hydrogen-bond acceptors (Lipinski definition) is 6. The molecule has 28 heavy (non-hydrogen) atoms. The molecule has 4 atom stereocenters. The standard InChI is InChI=1S/C22H26O6/c1-23-17-7-5-13(9-19(17)25-3)21-15-11-28-22(16(15)12-27-21)14-6-8-18(24-2)20(10-14)26-4/h5-10,15-16,21-22H,11-12H2,1-4H3/t15-,16-,21-,22+/m1/s1. The van der Waals surface area contributed by atoms with Crippen LogP contribution in [-0.2, 0) is 9.47 Å². The zero-order valence-electron chi connectivity index (χ0n) is 16.6. The second-order valence-electron chi connectivity index (χ2n) is 7.06. The Balaban J connectivity index is 1.57. The quantitative estimate of drug-likeness (QED) is 0.753. The fourth-order valence-corrected chi connectivity index (χ4v) is 4.29. The Bertz CT molecular complexity index is 766. The van der Waals surface area contributed by atoms with Crippen molar-refractivity contribution in [3.63, 3.8) is 0 Å². The van der Waals surface area contributed by atoms with Gasteiger partial charge in [-0.15, -0.1) is 0 Å². The second-order valence-corrected chi connectivity index (χ2v) is 7.06. The van der Waals surface area contributed by atoms with Crippen LogP contribution in [-0.4, -0.2) is 41.7 Å². The third-order valence-corrected chi connectivity index (χ3v) is 5.74. The number of methoxy groups -OCH3 is 4. The molecular weight excluding hydrogens is 360 g/mol. The lowest BCUT2D eigenvalue weighted by molar-refractivity contribution is 0.0191. The normalized spacial score (nSPS) is 26.0. The summed E-state index contributed by atoms with van der Waals surface area (Å²) >= 11 is 0. The lowest BCUT2D eigenvalue weighted by Gasteiger charge is -2.18. The van der Waals surface area contributed by atoms with Gasteiger partial charge in [-0.1, -0.05) is 12.1 Å². The summed E-state index contributed by atoms with van der Waals surface area (Å²) in [6.07, 6.45) is -0.0371. The molecule has 6 heteroatoms. The summed E-state index contributed by atoms with van der Waals surface area (Å²) < 4.78 is 34.0.